The maximum atomic E-state index is 10.8. The van der Waals surface area contributed by atoms with Crippen molar-refractivity contribution in [3.8, 4) is 23.0 Å². The Balaban J connectivity index is 2.63. The number of rotatable bonds is 8. The van der Waals surface area contributed by atoms with Crippen LogP contribution in [0, 0.1) is 10.1 Å². The molecule has 2 aromatic rings. The third kappa shape index (κ3) is 3.37. The molecule has 0 saturated heterocycles. The van der Waals surface area contributed by atoms with Gasteiger partial charge in [-0.15, -0.1) is 0 Å². The van der Waals surface area contributed by atoms with Crippen molar-refractivity contribution in [3.63, 3.8) is 0 Å². The number of methoxy groups -OCH3 is 2. The van der Waals surface area contributed by atoms with Crippen LogP contribution in [0.3, 0.4) is 0 Å². The van der Waals surface area contributed by atoms with Gasteiger partial charge in [-0.3, -0.25) is 10.1 Å². The Morgan fingerprint density at radius 3 is 1.73 bits per heavy atom. The Hall–Kier alpha value is -3.36. The van der Waals surface area contributed by atoms with E-state index in [4.69, 9.17) is 14.2 Å². The zero-order valence-corrected chi connectivity index (χ0v) is 15.3. The molecule has 2 rings (SSSR count). The van der Waals surface area contributed by atoms with Crippen molar-refractivity contribution in [2.24, 2.45) is 0 Å². The summed E-state index contributed by atoms with van der Waals surface area (Å²) >= 11 is 0. The van der Waals surface area contributed by atoms with Crippen molar-refractivity contribution < 1.29 is 19.1 Å². The Bertz CT molecular complexity index is 760. The second-order valence-electron chi connectivity index (χ2n) is 5.12. The highest BCUT2D eigenvalue weighted by molar-refractivity contribution is 5.93. The average Bonchev–Trinajstić information content (AvgIpc) is 2.66. The first-order valence-corrected chi connectivity index (χ1v) is 7.79. The molecule has 0 aliphatic heterocycles. The van der Waals surface area contributed by atoms with Gasteiger partial charge in [-0.2, -0.15) is 0 Å². The summed E-state index contributed by atoms with van der Waals surface area (Å²) in [5.74, 6) is 1.81. The fourth-order valence-electron chi connectivity index (χ4n) is 2.64. The van der Waals surface area contributed by atoms with Crippen molar-refractivity contribution in [2.45, 2.75) is 0 Å². The van der Waals surface area contributed by atoms with Crippen LogP contribution in [0.25, 0.3) is 0 Å². The number of non-ortho nitro benzene ring substituents is 1. The lowest BCUT2D eigenvalue weighted by atomic mass is 10.1. The van der Waals surface area contributed by atoms with E-state index >= 15 is 0 Å². The van der Waals surface area contributed by atoms with E-state index in [0.29, 0.717) is 40.1 Å². The molecule has 0 aromatic heterocycles. The highest BCUT2D eigenvalue weighted by Crippen LogP contribution is 2.54. The summed E-state index contributed by atoms with van der Waals surface area (Å²) < 4.78 is 17.1. The monoisotopic (exact) mass is 362 g/mol. The van der Waals surface area contributed by atoms with Crippen LogP contribution in [0.5, 0.6) is 23.0 Å². The third-order valence-electron chi connectivity index (χ3n) is 3.79. The molecule has 0 spiro atoms. The normalized spacial score (nSPS) is 10.0. The molecule has 0 fully saturated rings. The van der Waals surface area contributed by atoms with E-state index in [9.17, 15) is 10.1 Å². The van der Waals surface area contributed by atoms with E-state index in [1.54, 1.807) is 28.3 Å². The van der Waals surface area contributed by atoms with Crippen LogP contribution in [0.2, 0.25) is 0 Å². The summed E-state index contributed by atoms with van der Waals surface area (Å²) in [5, 5.41) is 20.0. The van der Waals surface area contributed by atoms with Gasteiger partial charge in [-0.25, -0.2) is 0 Å². The number of ether oxygens (including phenoxy) is 3. The van der Waals surface area contributed by atoms with Gasteiger partial charge in [0.2, 0.25) is 0 Å². The minimum Gasteiger partial charge on any atom is -0.492 e. The standard InChI is InChI=1S/C17H22N4O5/c1-18-12-13(19-2)16(25-5)17(14(20-3)15(12)24-4)26-11-8-6-10(7-9-11)21(22)23/h6-9,18-20H,1-5H3. The maximum Gasteiger partial charge on any atom is 0.269 e. The summed E-state index contributed by atoms with van der Waals surface area (Å²) in [6, 6.07) is 5.79. The van der Waals surface area contributed by atoms with E-state index in [-0.39, 0.29) is 5.69 Å². The van der Waals surface area contributed by atoms with E-state index in [0.717, 1.165) is 0 Å². The highest BCUT2D eigenvalue weighted by Gasteiger charge is 2.26. The summed E-state index contributed by atoms with van der Waals surface area (Å²) in [6.45, 7) is 0. The molecule has 0 saturated carbocycles. The quantitative estimate of drug-likeness (QED) is 0.484. The van der Waals surface area contributed by atoms with E-state index in [2.05, 4.69) is 16.0 Å². The van der Waals surface area contributed by atoms with Gasteiger partial charge >= 0.3 is 0 Å². The molecule has 3 N–H and O–H groups in total. The SMILES string of the molecule is CNc1c(NC)c(OC)c(Oc2ccc([N+](=O)[O-])cc2)c(NC)c1OC. The number of nitrogens with one attached hydrogen (secondary N) is 3. The lowest BCUT2D eigenvalue weighted by Gasteiger charge is -2.23. The molecule has 26 heavy (non-hydrogen) atoms. The number of anilines is 3. The van der Waals surface area contributed by atoms with Crippen molar-refractivity contribution in [1.29, 1.82) is 0 Å². The Labute approximate surface area is 151 Å². The first kappa shape index (κ1) is 19.0. The zero-order chi connectivity index (χ0) is 19.3. The predicted molar refractivity (Wildman–Crippen MR) is 101 cm³/mol. The summed E-state index contributed by atoms with van der Waals surface area (Å²) in [6.07, 6.45) is 0. The minimum atomic E-state index is -0.465. The van der Waals surface area contributed by atoms with Gasteiger partial charge in [0.25, 0.3) is 5.69 Å². The lowest BCUT2D eigenvalue weighted by molar-refractivity contribution is -0.384. The predicted octanol–water partition coefficient (Wildman–Crippen LogP) is 3.53. The van der Waals surface area contributed by atoms with Gasteiger partial charge in [0.15, 0.2) is 17.2 Å². The number of nitrogens with zero attached hydrogens (tertiary/aromatic N) is 1. The fraction of sp³-hybridized carbons (Fsp3) is 0.294. The van der Waals surface area contributed by atoms with Crippen LogP contribution in [0.4, 0.5) is 22.7 Å². The first-order valence-electron chi connectivity index (χ1n) is 7.79. The van der Waals surface area contributed by atoms with E-state index < -0.39 is 4.92 Å². The zero-order valence-electron chi connectivity index (χ0n) is 15.3. The second kappa shape index (κ2) is 8.15. The van der Waals surface area contributed by atoms with Crippen molar-refractivity contribution in [2.75, 3.05) is 51.3 Å². The molecule has 0 atom stereocenters. The highest BCUT2D eigenvalue weighted by atomic mass is 16.6. The van der Waals surface area contributed by atoms with E-state index in [1.165, 1.54) is 31.4 Å². The molecule has 2 aromatic carbocycles. The number of nitro benzene ring substituents is 1. The minimum absolute atomic E-state index is 0.0165. The third-order valence-corrected chi connectivity index (χ3v) is 3.79. The summed E-state index contributed by atoms with van der Waals surface area (Å²) in [5.41, 5.74) is 1.92. The molecule has 0 bridgehead atoms. The molecule has 0 amide bonds. The Kier molecular flexibility index (Phi) is 5.94. The molecule has 0 heterocycles. The molecular weight excluding hydrogens is 340 g/mol. The number of benzene rings is 2. The molecule has 0 aliphatic carbocycles. The molecule has 9 nitrogen and oxygen atoms in total. The largest absolute Gasteiger partial charge is 0.492 e. The Morgan fingerprint density at radius 1 is 0.808 bits per heavy atom. The van der Waals surface area contributed by atoms with Gasteiger partial charge in [-0.05, 0) is 12.1 Å². The number of nitro groups is 1. The van der Waals surface area contributed by atoms with Crippen LogP contribution < -0.4 is 30.2 Å². The average molecular weight is 362 g/mol. The molecule has 140 valence electrons. The topological polar surface area (TPSA) is 107 Å². The number of hydrogen-bond acceptors (Lipinski definition) is 8. The number of hydrogen-bond donors (Lipinski definition) is 3. The molecule has 0 aliphatic rings. The van der Waals surface area contributed by atoms with Crippen molar-refractivity contribution in [1.82, 2.24) is 0 Å². The van der Waals surface area contributed by atoms with Gasteiger partial charge in [0.05, 0.1) is 19.1 Å². The first-order chi connectivity index (χ1) is 12.5. The summed E-state index contributed by atoms with van der Waals surface area (Å²) in [7, 11) is 8.35. The molecular formula is C17H22N4O5. The fourth-order valence-corrected chi connectivity index (χ4v) is 2.64. The maximum absolute atomic E-state index is 10.8. The summed E-state index contributed by atoms with van der Waals surface area (Å²) in [4.78, 5) is 10.3. The lowest BCUT2D eigenvalue weighted by Crippen LogP contribution is -2.07. The van der Waals surface area contributed by atoms with Crippen molar-refractivity contribution >= 4 is 22.7 Å². The molecule has 0 radical (unpaired) electrons. The van der Waals surface area contributed by atoms with Crippen LogP contribution in [-0.2, 0) is 0 Å². The van der Waals surface area contributed by atoms with Crippen molar-refractivity contribution in [3.05, 3.63) is 34.4 Å². The van der Waals surface area contributed by atoms with Crippen LogP contribution in [0.1, 0.15) is 0 Å². The van der Waals surface area contributed by atoms with Crippen LogP contribution in [-0.4, -0.2) is 40.3 Å². The smallest absolute Gasteiger partial charge is 0.269 e. The van der Waals surface area contributed by atoms with Gasteiger partial charge in [-0.1, -0.05) is 0 Å². The van der Waals surface area contributed by atoms with Gasteiger partial charge in [0.1, 0.15) is 22.8 Å². The van der Waals surface area contributed by atoms with Gasteiger partial charge in [0, 0.05) is 33.3 Å². The van der Waals surface area contributed by atoms with Gasteiger partial charge < -0.3 is 30.2 Å². The Morgan fingerprint density at radius 2 is 1.31 bits per heavy atom. The van der Waals surface area contributed by atoms with Crippen LogP contribution >= 0.6 is 0 Å². The molecule has 9 heteroatoms. The second-order valence-corrected chi connectivity index (χ2v) is 5.12. The van der Waals surface area contributed by atoms with E-state index in [1.807, 2.05) is 0 Å². The molecule has 0 unspecified atom stereocenters. The van der Waals surface area contributed by atoms with Crippen LogP contribution in [0.15, 0.2) is 24.3 Å².